The first-order valence-corrected chi connectivity index (χ1v) is 5.15. The Morgan fingerprint density at radius 1 is 1.08 bits per heavy atom. The van der Waals surface area contributed by atoms with Crippen LogP contribution in [-0.4, -0.2) is 5.60 Å². The van der Waals surface area contributed by atoms with E-state index in [2.05, 4.69) is 24.3 Å². The molecule has 0 bridgehead atoms. The minimum absolute atomic E-state index is 0.198. The van der Waals surface area contributed by atoms with Crippen LogP contribution in [-0.2, 0) is 6.42 Å². The Hall–Kier alpha value is -0.980. The topological polar surface area (TPSA) is 9.23 Å². The van der Waals surface area contributed by atoms with Gasteiger partial charge in [0.1, 0.15) is 11.4 Å². The molecule has 1 heterocycles. The van der Waals surface area contributed by atoms with Gasteiger partial charge in [0.2, 0.25) is 0 Å². The fourth-order valence-corrected chi connectivity index (χ4v) is 2.66. The summed E-state index contributed by atoms with van der Waals surface area (Å²) in [5.74, 6) is 1.13. The van der Waals surface area contributed by atoms with Gasteiger partial charge in [-0.1, -0.05) is 18.2 Å². The maximum atomic E-state index is 6.06. The quantitative estimate of drug-likeness (QED) is 0.587. The number of hydrogen-bond acceptors (Lipinski definition) is 1. The maximum Gasteiger partial charge on any atom is 0.123 e. The van der Waals surface area contributed by atoms with Crippen LogP contribution in [0.25, 0.3) is 0 Å². The Morgan fingerprint density at radius 2 is 1.85 bits per heavy atom. The van der Waals surface area contributed by atoms with Crippen molar-refractivity contribution in [1.82, 2.24) is 0 Å². The van der Waals surface area contributed by atoms with Gasteiger partial charge in [0, 0.05) is 6.42 Å². The summed E-state index contributed by atoms with van der Waals surface area (Å²) in [6.45, 7) is 0. The van der Waals surface area contributed by atoms with E-state index in [1.807, 2.05) is 0 Å². The lowest BCUT2D eigenvalue weighted by Crippen LogP contribution is -2.29. The van der Waals surface area contributed by atoms with Gasteiger partial charge < -0.3 is 4.74 Å². The molecule has 1 heteroatoms. The zero-order chi connectivity index (χ0) is 8.73. The van der Waals surface area contributed by atoms with E-state index in [0.717, 1.165) is 12.2 Å². The number of rotatable bonds is 0. The van der Waals surface area contributed by atoms with Crippen LogP contribution >= 0.6 is 0 Å². The van der Waals surface area contributed by atoms with Crippen molar-refractivity contribution in [2.45, 2.75) is 37.7 Å². The summed E-state index contributed by atoms with van der Waals surface area (Å²) in [6.07, 6.45) is 6.33. The summed E-state index contributed by atoms with van der Waals surface area (Å²) in [5, 5.41) is 0. The van der Waals surface area contributed by atoms with Crippen LogP contribution in [0.5, 0.6) is 5.75 Å². The molecule has 1 aromatic carbocycles. The third kappa shape index (κ3) is 1.06. The van der Waals surface area contributed by atoms with Gasteiger partial charge in [-0.15, -0.1) is 0 Å². The number of hydrogen-bond donors (Lipinski definition) is 0. The predicted molar refractivity (Wildman–Crippen MR) is 52.0 cm³/mol. The van der Waals surface area contributed by atoms with E-state index in [1.165, 1.54) is 31.2 Å². The number of para-hydroxylation sites is 1. The second-order valence-corrected chi connectivity index (χ2v) is 4.28. The molecule has 68 valence electrons. The van der Waals surface area contributed by atoms with E-state index in [0.29, 0.717) is 0 Å². The van der Waals surface area contributed by atoms with Crippen LogP contribution in [0.3, 0.4) is 0 Å². The number of fused-ring (bicyclic) bond motifs is 1. The lowest BCUT2D eigenvalue weighted by Gasteiger charge is -2.22. The molecule has 1 aliphatic carbocycles. The largest absolute Gasteiger partial charge is 0.487 e. The van der Waals surface area contributed by atoms with Crippen LogP contribution in [0.4, 0.5) is 0 Å². The van der Waals surface area contributed by atoms with E-state index < -0.39 is 0 Å². The maximum absolute atomic E-state index is 6.06. The van der Waals surface area contributed by atoms with Crippen molar-refractivity contribution >= 4 is 0 Å². The molecule has 1 aromatic rings. The molecule has 1 nitrogen and oxygen atoms in total. The van der Waals surface area contributed by atoms with Crippen LogP contribution in [0.1, 0.15) is 31.2 Å². The molecule has 0 atom stereocenters. The Kier molecular flexibility index (Phi) is 1.43. The van der Waals surface area contributed by atoms with Crippen LogP contribution in [0.15, 0.2) is 24.3 Å². The molecule has 1 saturated carbocycles. The number of ether oxygens (including phenoxy) is 1. The third-order valence-electron chi connectivity index (χ3n) is 3.33. The summed E-state index contributed by atoms with van der Waals surface area (Å²) in [7, 11) is 0. The highest BCUT2D eigenvalue weighted by atomic mass is 16.5. The zero-order valence-corrected chi connectivity index (χ0v) is 7.75. The van der Waals surface area contributed by atoms with Gasteiger partial charge in [-0.05, 0) is 37.3 Å². The summed E-state index contributed by atoms with van der Waals surface area (Å²) >= 11 is 0. The minimum atomic E-state index is 0.198. The van der Waals surface area contributed by atoms with E-state index in [4.69, 9.17) is 4.74 Å². The van der Waals surface area contributed by atoms with Crippen molar-refractivity contribution < 1.29 is 4.74 Å². The van der Waals surface area contributed by atoms with Gasteiger partial charge in [0.15, 0.2) is 0 Å². The third-order valence-corrected chi connectivity index (χ3v) is 3.33. The average Bonchev–Trinajstić information content (AvgIpc) is 2.72. The van der Waals surface area contributed by atoms with Crippen molar-refractivity contribution in [2.24, 2.45) is 0 Å². The second-order valence-electron chi connectivity index (χ2n) is 4.28. The fourth-order valence-electron chi connectivity index (χ4n) is 2.66. The minimum Gasteiger partial charge on any atom is -0.487 e. The molecule has 0 amide bonds. The summed E-state index contributed by atoms with van der Waals surface area (Å²) in [5.41, 5.74) is 1.60. The lowest BCUT2D eigenvalue weighted by atomic mass is 9.96. The molecular formula is C12H14O. The first-order chi connectivity index (χ1) is 6.38. The lowest BCUT2D eigenvalue weighted by molar-refractivity contribution is 0.103. The molecule has 0 unspecified atom stereocenters. The monoisotopic (exact) mass is 174 g/mol. The molecule has 0 saturated heterocycles. The van der Waals surface area contributed by atoms with E-state index in [1.54, 1.807) is 0 Å². The summed E-state index contributed by atoms with van der Waals surface area (Å²) in [6, 6.07) is 8.47. The standard InChI is InChI=1S/C12H14O/c1-2-6-11-10(5-1)9-12(13-11)7-3-4-8-12/h1-2,5-6H,3-4,7-9H2. The van der Waals surface area contributed by atoms with E-state index >= 15 is 0 Å². The van der Waals surface area contributed by atoms with Crippen LogP contribution in [0.2, 0.25) is 0 Å². The molecule has 1 aliphatic heterocycles. The van der Waals surface area contributed by atoms with Gasteiger partial charge in [0.25, 0.3) is 0 Å². The Morgan fingerprint density at radius 3 is 2.62 bits per heavy atom. The average molecular weight is 174 g/mol. The van der Waals surface area contributed by atoms with Gasteiger partial charge >= 0.3 is 0 Å². The number of benzene rings is 1. The molecule has 2 aliphatic rings. The molecule has 13 heavy (non-hydrogen) atoms. The van der Waals surface area contributed by atoms with Gasteiger partial charge in [-0.25, -0.2) is 0 Å². The Balaban J connectivity index is 1.96. The van der Waals surface area contributed by atoms with Crippen molar-refractivity contribution in [2.75, 3.05) is 0 Å². The SMILES string of the molecule is c1ccc2c(c1)CC1(CCCC1)O2. The fraction of sp³-hybridized carbons (Fsp3) is 0.500. The summed E-state index contributed by atoms with van der Waals surface area (Å²) in [4.78, 5) is 0. The van der Waals surface area contributed by atoms with Crippen LogP contribution < -0.4 is 4.74 Å². The molecule has 0 radical (unpaired) electrons. The van der Waals surface area contributed by atoms with Gasteiger partial charge in [0.05, 0.1) is 0 Å². The van der Waals surface area contributed by atoms with Crippen molar-refractivity contribution in [3.63, 3.8) is 0 Å². The first-order valence-electron chi connectivity index (χ1n) is 5.15. The van der Waals surface area contributed by atoms with Gasteiger partial charge in [-0.3, -0.25) is 0 Å². The first kappa shape index (κ1) is 7.43. The molecule has 1 spiro atoms. The molecule has 1 fully saturated rings. The normalized spacial score (nSPS) is 23.1. The highest BCUT2D eigenvalue weighted by Gasteiger charge is 2.41. The summed E-state index contributed by atoms with van der Waals surface area (Å²) < 4.78 is 6.06. The van der Waals surface area contributed by atoms with Crippen molar-refractivity contribution in [1.29, 1.82) is 0 Å². The Bertz CT molecular complexity index is 297. The highest BCUT2D eigenvalue weighted by Crippen LogP contribution is 2.44. The molecule has 3 rings (SSSR count). The molecular weight excluding hydrogens is 160 g/mol. The van der Waals surface area contributed by atoms with E-state index in [-0.39, 0.29) is 5.60 Å². The predicted octanol–water partition coefficient (Wildman–Crippen LogP) is 2.93. The van der Waals surface area contributed by atoms with Crippen LogP contribution in [0, 0.1) is 0 Å². The van der Waals surface area contributed by atoms with Gasteiger partial charge in [-0.2, -0.15) is 0 Å². The molecule has 0 aromatic heterocycles. The smallest absolute Gasteiger partial charge is 0.123 e. The molecule has 0 N–H and O–H groups in total. The van der Waals surface area contributed by atoms with E-state index in [9.17, 15) is 0 Å². The zero-order valence-electron chi connectivity index (χ0n) is 7.75. The van der Waals surface area contributed by atoms with Crippen molar-refractivity contribution in [3.8, 4) is 5.75 Å². The second kappa shape index (κ2) is 2.50. The van der Waals surface area contributed by atoms with Crippen molar-refractivity contribution in [3.05, 3.63) is 29.8 Å². The highest BCUT2D eigenvalue weighted by molar-refractivity contribution is 5.39. The Labute approximate surface area is 78.7 Å².